The summed E-state index contributed by atoms with van der Waals surface area (Å²) >= 11 is 0. The van der Waals surface area contributed by atoms with Crippen LogP contribution in [0.15, 0.2) is 4.99 Å². The molecule has 18 heavy (non-hydrogen) atoms. The van der Waals surface area contributed by atoms with E-state index in [-0.39, 0.29) is 11.5 Å². The van der Waals surface area contributed by atoms with Gasteiger partial charge in [-0.05, 0) is 40.5 Å². The molecule has 5 heteroatoms. The molecule has 5 nitrogen and oxygen atoms in total. The lowest BCUT2D eigenvalue weighted by Gasteiger charge is -2.23. The van der Waals surface area contributed by atoms with Gasteiger partial charge in [0.2, 0.25) is 0 Å². The standard InChI is InChI=1S/C13H27N3O2/c1-6-14-12(16-13(2,3)4)15-10-8-7-9-11(17)18-5/h6-10H2,1-5H3,(H2,14,15,16). The van der Waals surface area contributed by atoms with Crippen LogP contribution in [-0.4, -0.2) is 37.7 Å². The Morgan fingerprint density at radius 3 is 2.44 bits per heavy atom. The van der Waals surface area contributed by atoms with Crippen molar-refractivity contribution in [1.82, 2.24) is 10.6 Å². The number of ether oxygens (including phenoxy) is 1. The summed E-state index contributed by atoms with van der Waals surface area (Å²) in [7, 11) is 1.41. The monoisotopic (exact) mass is 257 g/mol. The Morgan fingerprint density at radius 2 is 1.94 bits per heavy atom. The second-order valence-electron chi connectivity index (χ2n) is 5.17. The second-order valence-corrected chi connectivity index (χ2v) is 5.17. The largest absolute Gasteiger partial charge is 0.469 e. The molecule has 0 aromatic carbocycles. The fraction of sp³-hybridized carbons (Fsp3) is 0.846. The van der Waals surface area contributed by atoms with E-state index in [4.69, 9.17) is 0 Å². The smallest absolute Gasteiger partial charge is 0.305 e. The van der Waals surface area contributed by atoms with E-state index < -0.39 is 0 Å². The number of guanidine groups is 1. The molecule has 0 aliphatic rings. The maximum absolute atomic E-state index is 10.9. The van der Waals surface area contributed by atoms with Crippen molar-refractivity contribution in [2.45, 2.75) is 52.5 Å². The van der Waals surface area contributed by atoms with Crippen LogP contribution in [0, 0.1) is 0 Å². The van der Waals surface area contributed by atoms with Gasteiger partial charge in [-0.1, -0.05) is 0 Å². The van der Waals surface area contributed by atoms with Gasteiger partial charge in [-0.3, -0.25) is 9.79 Å². The minimum atomic E-state index is -0.154. The molecule has 0 aromatic rings. The number of nitrogens with zero attached hydrogens (tertiary/aromatic N) is 1. The molecule has 0 heterocycles. The molecule has 0 aliphatic carbocycles. The first-order valence-corrected chi connectivity index (χ1v) is 6.52. The molecule has 0 radical (unpaired) electrons. The maximum Gasteiger partial charge on any atom is 0.305 e. The normalized spacial score (nSPS) is 12.2. The van der Waals surface area contributed by atoms with E-state index in [2.05, 4.69) is 41.1 Å². The van der Waals surface area contributed by atoms with Crippen LogP contribution in [0.5, 0.6) is 0 Å². The highest BCUT2D eigenvalue weighted by Crippen LogP contribution is 2.00. The van der Waals surface area contributed by atoms with Crippen LogP contribution < -0.4 is 10.6 Å². The summed E-state index contributed by atoms with van der Waals surface area (Å²) in [5.74, 6) is 0.668. The number of methoxy groups -OCH3 is 1. The van der Waals surface area contributed by atoms with E-state index in [1.54, 1.807) is 0 Å². The average Bonchev–Trinajstić information content (AvgIpc) is 2.26. The van der Waals surface area contributed by atoms with Crippen molar-refractivity contribution in [3.63, 3.8) is 0 Å². The summed E-state index contributed by atoms with van der Waals surface area (Å²) in [6.45, 7) is 9.87. The van der Waals surface area contributed by atoms with Gasteiger partial charge in [-0.2, -0.15) is 0 Å². The number of hydrogen-bond donors (Lipinski definition) is 2. The average molecular weight is 257 g/mol. The van der Waals surface area contributed by atoms with Crippen molar-refractivity contribution in [3.8, 4) is 0 Å². The van der Waals surface area contributed by atoms with Crippen molar-refractivity contribution in [2.75, 3.05) is 20.2 Å². The summed E-state index contributed by atoms with van der Waals surface area (Å²) in [5, 5.41) is 6.51. The molecule has 106 valence electrons. The highest BCUT2D eigenvalue weighted by Gasteiger charge is 2.11. The number of esters is 1. The van der Waals surface area contributed by atoms with Gasteiger partial charge in [-0.25, -0.2) is 0 Å². The van der Waals surface area contributed by atoms with Gasteiger partial charge in [0.05, 0.1) is 7.11 Å². The number of nitrogens with one attached hydrogen (secondary N) is 2. The third-order valence-corrected chi connectivity index (χ3v) is 2.12. The molecule has 0 aromatic heterocycles. The lowest BCUT2D eigenvalue weighted by molar-refractivity contribution is -0.140. The Kier molecular flexibility index (Phi) is 8.16. The van der Waals surface area contributed by atoms with Crippen LogP contribution in [0.1, 0.15) is 47.0 Å². The SMILES string of the molecule is CCNC(=NCCCCC(=O)OC)NC(C)(C)C. The van der Waals surface area contributed by atoms with E-state index >= 15 is 0 Å². The molecular weight excluding hydrogens is 230 g/mol. The maximum atomic E-state index is 10.9. The van der Waals surface area contributed by atoms with Gasteiger partial charge in [0, 0.05) is 25.0 Å². The Morgan fingerprint density at radius 1 is 1.28 bits per heavy atom. The zero-order chi connectivity index (χ0) is 14.0. The number of unbranched alkanes of at least 4 members (excludes halogenated alkanes) is 1. The molecule has 0 rings (SSSR count). The Balaban J connectivity index is 3.97. The molecular formula is C13H27N3O2. The molecule has 0 saturated carbocycles. The van der Waals surface area contributed by atoms with Crippen LogP contribution in [0.3, 0.4) is 0 Å². The minimum absolute atomic E-state index is 0.00692. The van der Waals surface area contributed by atoms with Crippen molar-refractivity contribution < 1.29 is 9.53 Å². The molecule has 0 fully saturated rings. The molecule has 2 N–H and O–H groups in total. The number of carbonyl (C=O) groups excluding carboxylic acids is 1. The van der Waals surface area contributed by atoms with E-state index in [1.165, 1.54) is 7.11 Å². The quantitative estimate of drug-likeness (QED) is 0.329. The molecule has 0 bridgehead atoms. The lowest BCUT2D eigenvalue weighted by atomic mass is 10.1. The van der Waals surface area contributed by atoms with E-state index in [0.29, 0.717) is 13.0 Å². The van der Waals surface area contributed by atoms with E-state index in [9.17, 15) is 4.79 Å². The molecule has 0 saturated heterocycles. The lowest BCUT2D eigenvalue weighted by Crippen LogP contribution is -2.47. The van der Waals surface area contributed by atoms with E-state index in [0.717, 1.165) is 25.3 Å². The topological polar surface area (TPSA) is 62.7 Å². The third-order valence-electron chi connectivity index (χ3n) is 2.12. The Bertz CT molecular complexity index is 270. The Hall–Kier alpha value is -1.26. The molecule has 0 spiro atoms. The van der Waals surface area contributed by atoms with Crippen molar-refractivity contribution in [1.29, 1.82) is 0 Å². The van der Waals surface area contributed by atoms with Crippen LogP contribution >= 0.6 is 0 Å². The molecule has 0 aliphatic heterocycles. The van der Waals surface area contributed by atoms with Crippen LogP contribution in [0.4, 0.5) is 0 Å². The number of carbonyl (C=O) groups is 1. The molecule has 0 atom stereocenters. The van der Waals surface area contributed by atoms with Crippen molar-refractivity contribution in [2.24, 2.45) is 4.99 Å². The zero-order valence-corrected chi connectivity index (χ0v) is 12.3. The van der Waals surface area contributed by atoms with E-state index in [1.807, 2.05) is 6.92 Å². The fourth-order valence-corrected chi connectivity index (χ4v) is 1.34. The molecule has 0 unspecified atom stereocenters. The van der Waals surface area contributed by atoms with Gasteiger partial charge in [0.15, 0.2) is 5.96 Å². The van der Waals surface area contributed by atoms with Crippen LogP contribution in [0.25, 0.3) is 0 Å². The highest BCUT2D eigenvalue weighted by molar-refractivity contribution is 5.80. The third kappa shape index (κ3) is 9.93. The predicted octanol–water partition coefficient (Wildman–Crippen LogP) is 1.68. The van der Waals surface area contributed by atoms with Gasteiger partial charge < -0.3 is 15.4 Å². The van der Waals surface area contributed by atoms with Gasteiger partial charge >= 0.3 is 5.97 Å². The number of aliphatic imine (C=N–C) groups is 1. The van der Waals surface area contributed by atoms with Crippen LogP contribution in [0.2, 0.25) is 0 Å². The summed E-state index contributed by atoms with van der Waals surface area (Å²) in [6.07, 6.45) is 2.16. The highest BCUT2D eigenvalue weighted by atomic mass is 16.5. The molecule has 0 amide bonds. The van der Waals surface area contributed by atoms with Gasteiger partial charge in [0.25, 0.3) is 0 Å². The van der Waals surface area contributed by atoms with Crippen LogP contribution in [-0.2, 0) is 9.53 Å². The first-order chi connectivity index (χ1) is 8.39. The predicted molar refractivity (Wildman–Crippen MR) is 74.7 cm³/mol. The van der Waals surface area contributed by atoms with Gasteiger partial charge in [0.1, 0.15) is 0 Å². The number of rotatable bonds is 6. The van der Waals surface area contributed by atoms with Crippen molar-refractivity contribution >= 4 is 11.9 Å². The minimum Gasteiger partial charge on any atom is -0.469 e. The summed E-state index contributed by atoms with van der Waals surface area (Å²) < 4.78 is 4.58. The first-order valence-electron chi connectivity index (χ1n) is 6.52. The summed E-state index contributed by atoms with van der Waals surface area (Å²) in [4.78, 5) is 15.4. The zero-order valence-electron chi connectivity index (χ0n) is 12.3. The summed E-state index contributed by atoms with van der Waals surface area (Å²) in [5.41, 5.74) is -0.00692. The fourth-order valence-electron chi connectivity index (χ4n) is 1.34. The summed E-state index contributed by atoms with van der Waals surface area (Å²) in [6, 6.07) is 0. The number of hydrogen-bond acceptors (Lipinski definition) is 3. The van der Waals surface area contributed by atoms with Gasteiger partial charge in [-0.15, -0.1) is 0 Å². The van der Waals surface area contributed by atoms with Crippen molar-refractivity contribution in [3.05, 3.63) is 0 Å². The Labute approximate surface area is 110 Å². The second kappa shape index (κ2) is 8.78. The first kappa shape index (κ1) is 16.7.